The lowest BCUT2D eigenvalue weighted by atomic mass is 10.1. The second-order valence-electron chi connectivity index (χ2n) is 7.20. The van der Waals surface area contributed by atoms with Crippen LogP contribution in [0.2, 0.25) is 0 Å². The van der Waals surface area contributed by atoms with Gasteiger partial charge in [0.25, 0.3) is 5.91 Å². The van der Waals surface area contributed by atoms with Crippen LogP contribution >= 0.6 is 0 Å². The molecule has 1 aromatic heterocycles. The van der Waals surface area contributed by atoms with E-state index in [1.807, 2.05) is 0 Å². The monoisotopic (exact) mass is 445 g/mol. The molecule has 2 aromatic carbocycles. The highest BCUT2D eigenvalue weighted by molar-refractivity contribution is 8.01. The van der Waals surface area contributed by atoms with Crippen LogP contribution < -0.4 is 9.46 Å². The van der Waals surface area contributed by atoms with E-state index in [4.69, 9.17) is 4.74 Å². The number of rotatable bonds is 5. The van der Waals surface area contributed by atoms with E-state index in [1.165, 1.54) is 17.7 Å². The van der Waals surface area contributed by atoms with Gasteiger partial charge in [0.05, 0.1) is 33.0 Å². The number of hydrogen-bond acceptors (Lipinski definition) is 4. The molecule has 1 aliphatic rings. The highest BCUT2D eigenvalue weighted by atomic mass is 32.2. The number of para-hydroxylation sites is 1. The zero-order valence-corrected chi connectivity index (χ0v) is 18.1. The van der Waals surface area contributed by atoms with Gasteiger partial charge in [-0.25, -0.2) is 18.0 Å². The fourth-order valence-electron chi connectivity index (χ4n) is 3.40. The number of amides is 1. The molecule has 0 radical (unpaired) electrons. The number of nitrogens with one attached hydrogen (secondary N) is 1. The summed E-state index contributed by atoms with van der Waals surface area (Å²) in [5.41, 5.74) is 0.111. The van der Waals surface area contributed by atoms with Crippen molar-refractivity contribution in [1.82, 2.24) is 14.3 Å². The predicted octanol–water partition coefficient (Wildman–Crippen LogP) is 3.64. The Kier molecular flexibility index (Phi) is 5.30. The molecule has 1 N–H and O–H groups in total. The molecular weight excluding hydrogens is 424 g/mol. The molecule has 1 heterocycles. The lowest BCUT2D eigenvalue weighted by molar-refractivity contribution is 0.0969. The molecular formula is C22H21F2N3O3S. The summed E-state index contributed by atoms with van der Waals surface area (Å²) < 4.78 is 51.9. The van der Waals surface area contributed by atoms with Crippen LogP contribution in [0, 0.1) is 18.6 Å². The van der Waals surface area contributed by atoms with Gasteiger partial charge in [0.15, 0.2) is 5.82 Å². The minimum atomic E-state index is -3.07. The molecule has 0 spiro atoms. The van der Waals surface area contributed by atoms with Gasteiger partial charge >= 0.3 is 0 Å². The maximum atomic E-state index is 14.3. The molecule has 31 heavy (non-hydrogen) atoms. The minimum absolute atomic E-state index is 0.0196. The molecule has 3 aromatic rings. The second-order valence-corrected chi connectivity index (χ2v) is 9.54. The molecule has 0 saturated heterocycles. The van der Waals surface area contributed by atoms with Crippen LogP contribution in [0.15, 0.2) is 47.4 Å². The van der Waals surface area contributed by atoms with Gasteiger partial charge in [-0.15, -0.1) is 0 Å². The Morgan fingerprint density at radius 3 is 2.39 bits per heavy atom. The van der Waals surface area contributed by atoms with Gasteiger partial charge in [-0.05, 0) is 44.0 Å². The first-order valence-electron chi connectivity index (χ1n) is 9.59. The van der Waals surface area contributed by atoms with E-state index in [0.717, 1.165) is 12.1 Å². The molecule has 0 bridgehead atoms. The number of hydrogen-bond donors (Lipinski definition) is 1. The number of benzene rings is 2. The van der Waals surface area contributed by atoms with E-state index < -0.39 is 27.2 Å². The molecule has 6 nitrogen and oxygen atoms in total. The third-order valence-electron chi connectivity index (χ3n) is 5.26. The number of imidazole rings is 1. The smallest absolute Gasteiger partial charge is 0.298 e. The van der Waals surface area contributed by atoms with E-state index in [9.17, 15) is 17.8 Å². The first-order valence-corrected chi connectivity index (χ1v) is 11.2. The molecule has 1 aliphatic carbocycles. The van der Waals surface area contributed by atoms with Crippen molar-refractivity contribution in [1.29, 1.82) is 0 Å². The standard InChI is InChI=1S/C22H21F2N3O3S/c1-13-20(19-15(23)7-6-8-16(19)24)25-21(27(13)2)22(28)26-31(29,14-11-12-14)18-10-5-4-9-17(18)30-3/h4-10H,11-12H2,1-3H3,(H,26,28,29). The number of carbonyl (C=O) groups is 1. The van der Waals surface area contributed by atoms with Crippen molar-refractivity contribution in [3.8, 4) is 17.0 Å². The summed E-state index contributed by atoms with van der Waals surface area (Å²) in [5, 5.41) is 0. The Hall–Kier alpha value is -3.20. The van der Waals surface area contributed by atoms with Gasteiger partial charge in [0.2, 0.25) is 0 Å². The van der Waals surface area contributed by atoms with Crippen molar-refractivity contribution in [3.05, 3.63) is 65.6 Å². The summed E-state index contributed by atoms with van der Waals surface area (Å²) in [7, 11) is -0.0422. The van der Waals surface area contributed by atoms with Gasteiger partial charge in [-0.3, -0.25) is 9.52 Å². The van der Waals surface area contributed by atoms with E-state index >= 15 is 0 Å². The van der Waals surface area contributed by atoms with Crippen LogP contribution in [-0.4, -0.2) is 31.6 Å². The number of halogens is 2. The molecule has 1 fully saturated rings. The highest BCUT2D eigenvalue weighted by Gasteiger charge is 2.32. The van der Waals surface area contributed by atoms with Gasteiger partial charge in [-0.2, -0.15) is 0 Å². The van der Waals surface area contributed by atoms with E-state index in [-0.39, 0.29) is 17.1 Å². The molecule has 1 unspecified atom stereocenters. The average Bonchev–Trinajstić information content (AvgIpc) is 3.56. The van der Waals surface area contributed by atoms with Crippen LogP contribution in [0.4, 0.5) is 8.78 Å². The normalized spacial score (nSPS) is 14.8. The Labute approximate surface area is 179 Å². The van der Waals surface area contributed by atoms with Crippen molar-refractivity contribution in [2.75, 3.05) is 7.11 Å². The number of aromatic nitrogens is 2. The van der Waals surface area contributed by atoms with Crippen LogP contribution in [-0.2, 0) is 16.8 Å². The SMILES string of the molecule is COc1ccccc1S(=O)(NC(=O)c1nc(-c2c(F)cccc2F)c(C)n1C)=C1CC1. The fraction of sp³-hybridized carbons (Fsp3) is 0.227. The third-order valence-corrected chi connectivity index (χ3v) is 7.91. The van der Waals surface area contributed by atoms with Crippen molar-refractivity contribution >= 4 is 20.5 Å². The number of carbonyl (C=O) groups excluding carboxylic acids is 1. The Balaban J connectivity index is 1.78. The van der Waals surface area contributed by atoms with Crippen molar-refractivity contribution < 1.29 is 22.5 Å². The topological polar surface area (TPSA) is 73.2 Å². The summed E-state index contributed by atoms with van der Waals surface area (Å²) in [6.45, 7) is 1.61. The van der Waals surface area contributed by atoms with Crippen molar-refractivity contribution in [2.45, 2.75) is 24.7 Å². The van der Waals surface area contributed by atoms with Gasteiger partial charge in [0, 0.05) is 17.6 Å². The van der Waals surface area contributed by atoms with Gasteiger partial charge in [-0.1, -0.05) is 18.2 Å². The average molecular weight is 445 g/mol. The largest absolute Gasteiger partial charge is 0.495 e. The Morgan fingerprint density at radius 1 is 1.13 bits per heavy atom. The second kappa shape index (κ2) is 7.81. The van der Waals surface area contributed by atoms with E-state index in [0.29, 0.717) is 34.0 Å². The lowest BCUT2D eigenvalue weighted by Gasteiger charge is -2.16. The van der Waals surface area contributed by atoms with Crippen LogP contribution in [0.5, 0.6) is 5.75 Å². The minimum Gasteiger partial charge on any atom is -0.495 e. The van der Waals surface area contributed by atoms with E-state index in [2.05, 4.69) is 9.71 Å². The van der Waals surface area contributed by atoms with Crippen molar-refractivity contribution in [3.63, 3.8) is 0 Å². The molecule has 4 rings (SSSR count). The zero-order chi connectivity index (χ0) is 22.3. The molecule has 0 aliphatic heterocycles. The number of nitrogens with zero attached hydrogens (tertiary/aromatic N) is 2. The molecule has 1 saturated carbocycles. The molecule has 1 atom stereocenters. The van der Waals surface area contributed by atoms with Crippen molar-refractivity contribution in [2.24, 2.45) is 7.05 Å². The summed E-state index contributed by atoms with van der Waals surface area (Å²) in [6.07, 6.45) is 1.25. The molecule has 9 heteroatoms. The van der Waals surface area contributed by atoms with E-state index in [1.54, 1.807) is 38.2 Å². The summed E-state index contributed by atoms with van der Waals surface area (Å²) in [5.74, 6) is -1.96. The zero-order valence-electron chi connectivity index (χ0n) is 17.2. The summed E-state index contributed by atoms with van der Waals surface area (Å²) in [6, 6.07) is 10.3. The maximum absolute atomic E-state index is 14.3. The van der Waals surface area contributed by atoms with Crippen LogP contribution in [0.25, 0.3) is 11.3 Å². The summed E-state index contributed by atoms with van der Waals surface area (Å²) in [4.78, 5) is 18.4. The predicted molar refractivity (Wildman–Crippen MR) is 114 cm³/mol. The highest BCUT2D eigenvalue weighted by Crippen LogP contribution is 2.31. The van der Waals surface area contributed by atoms with Gasteiger partial charge in [0.1, 0.15) is 17.4 Å². The molecule has 1 amide bonds. The van der Waals surface area contributed by atoms with Gasteiger partial charge < -0.3 is 9.30 Å². The molecule has 162 valence electrons. The van der Waals surface area contributed by atoms with Crippen LogP contribution in [0.3, 0.4) is 0 Å². The first-order chi connectivity index (χ1) is 14.8. The third kappa shape index (κ3) is 3.59. The quantitative estimate of drug-likeness (QED) is 0.609. The number of ether oxygens (including phenoxy) is 1. The Morgan fingerprint density at radius 2 is 1.77 bits per heavy atom. The maximum Gasteiger partial charge on any atom is 0.298 e. The Bertz CT molecular complexity index is 1300. The lowest BCUT2D eigenvalue weighted by Crippen LogP contribution is -2.34. The first kappa shape index (κ1) is 21.0. The van der Waals surface area contributed by atoms with Crippen LogP contribution in [0.1, 0.15) is 29.2 Å². The number of methoxy groups -OCH3 is 1. The fourth-order valence-corrected chi connectivity index (χ4v) is 5.70. The summed E-state index contributed by atoms with van der Waals surface area (Å²) >= 11 is 0.